The van der Waals surface area contributed by atoms with E-state index in [1.165, 1.54) is 24.3 Å². The lowest BCUT2D eigenvalue weighted by molar-refractivity contribution is -0.120. The van der Waals surface area contributed by atoms with Crippen LogP contribution in [0.5, 0.6) is 0 Å². The number of anilines is 3. The molecule has 0 aliphatic carbocycles. The van der Waals surface area contributed by atoms with Gasteiger partial charge in [0.1, 0.15) is 11.5 Å². The van der Waals surface area contributed by atoms with E-state index in [0.29, 0.717) is 16.9 Å². The van der Waals surface area contributed by atoms with Gasteiger partial charge in [-0.2, -0.15) is 0 Å². The van der Waals surface area contributed by atoms with Crippen LogP contribution in [0.25, 0.3) is 5.57 Å². The first-order valence-electron chi connectivity index (χ1n) is 9.85. The van der Waals surface area contributed by atoms with Gasteiger partial charge in [-0.15, -0.1) is 0 Å². The van der Waals surface area contributed by atoms with E-state index >= 15 is 0 Å². The minimum atomic E-state index is -0.457. The average molecular weight is 415 g/mol. The highest BCUT2D eigenvalue weighted by atomic mass is 19.1. The van der Waals surface area contributed by atoms with Gasteiger partial charge in [0.15, 0.2) is 0 Å². The summed E-state index contributed by atoms with van der Waals surface area (Å²) in [5.74, 6) is -1.32. The van der Waals surface area contributed by atoms with Crippen molar-refractivity contribution in [2.75, 3.05) is 29.2 Å². The van der Waals surface area contributed by atoms with Crippen LogP contribution in [0.4, 0.5) is 21.5 Å². The third-order valence-electron chi connectivity index (χ3n) is 5.11. The fourth-order valence-corrected chi connectivity index (χ4v) is 3.54. The third-order valence-corrected chi connectivity index (χ3v) is 5.11. The van der Waals surface area contributed by atoms with E-state index in [0.717, 1.165) is 16.2 Å². The molecular formula is C25H22FN3O2. The number of imide groups is 1. The van der Waals surface area contributed by atoms with Gasteiger partial charge in [-0.1, -0.05) is 30.3 Å². The maximum absolute atomic E-state index is 13.5. The number of hydrogen-bond acceptors (Lipinski definition) is 4. The molecule has 0 unspecified atom stereocenters. The molecule has 2 amide bonds. The lowest BCUT2D eigenvalue weighted by Crippen LogP contribution is -2.32. The van der Waals surface area contributed by atoms with Crippen LogP contribution in [-0.2, 0) is 9.59 Å². The maximum Gasteiger partial charge on any atom is 0.282 e. The van der Waals surface area contributed by atoms with E-state index in [4.69, 9.17) is 0 Å². The van der Waals surface area contributed by atoms with E-state index < -0.39 is 17.6 Å². The van der Waals surface area contributed by atoms with Crippen LogP contribution in [0.2, 0.25) is 0 Å². The SMILES string of the molecule is Cc1cccc(NC2=C(c3ccc(F)cc3)C(=O)N(c3cccc(N(C)C)c3)C2=O)c1. The van der Waals surface area contributed by atoms with Crippen LogP contribution in [0, 0.1) is 12.7 Å². The summed E-state index contributed by atoms with van der Waals surface area (Å²) in [4.78, 5) is 29.9. The molecule has 0 bridgehead atoms. The molecular weight excluding hydrogens is 393 g/mol. The molecule has 0 spiro atoms. The van der Waals surface area contributed by atoms with Gasteiger partial charge >= 0.3 is 0 Å². The Labute approximate surface area is 180 Å². The Hall–Kier alpha value is -3.93. The summed E-state index contributed by atoms with van der Waals surface area (Å²) in [6.07, 6.45) is 0. The van der Waals surface area contributed by atoms with Crippen LogP contribution in [0.3, 0.4) is 0 Å². The van der Waals surface area contributed by atoms with Crippen molar-refractivity contribution in [2.24, 2.45) is 0 Å². The molecule has 3 aromatic carbocycles. The predicted octanol–water partition coefficient (Wildman–Crippen LogP) is 4.60. The summed E-state index contributed by atoms with van der Waals surface area (Å²) in [5, 5.41) is 3.13. The molecule has 5 nitrogen and oxygen atoms in total. The Balaban J connectivity index is 1.82. The average Bonchev–Trinajstić information content (AvgIpc) is 2.98. The summed E-state index contributed by atoms with van der Waals surface area (Å²) in [6, 6.07) is 20.3. The number of halogens is 1. The first kappa shape index (κ1) is 20.3. The second-order valence-electron chi connectivity index (χ2n) is 7.61. The fourth-order valence-electron chi connectivity index (χ4n) is 3.54. The molecule has 0 radical (unpaired) electrons. The zero-order chi connectivity index (χ0) is 22.1. The highest BCUT2D eigenvalue weighted by Gasteiger charge is 2.40. The van der Waals surface area contributed by atoms with Gasteiger partial charge in [0.2, 0.25) is 0 Å². The molecule has 6 heteroatoms. The molecule has 31 heavy (non-hydrogen) atoms. The first-order valence-corrected chi connectivity index (χ1v) is 9.85. The Morgan fingerprint density at radius 3 is 2.26 bits per heavy atom. The second kappa shape index (κ2) is 8.07. The normalized spacial score (nSPS) is 13.7. The number of nitrogens with zero attached hydrogens (tertiary/aromatic N) is 2. The summed E-state index contributed by atoms with van der Waals surface area (Å²) in [6.45, 7) is 1.95. The molecule has 1 aliphatic heterocycles. The van der Waals surface area contributed by atoms with Crippen molar-refractivity contribution in [1.29, 1.82) is 0 Å². The van der Waals surface area contributed by atoms with Crippen molar-refractivity contribution in [2.45, 2.75) is 6.92 Å². The van der Waals surface area contributed by atoms with E-state index in [-0.39, 0.29) is 11.3 Å². The monoisotopic (exact) mass is 415 g/mol. The topological polar surface area (TPSA) is 52.7 Å². The smallest absolute Gasteiger partial charge is 0.282 e. The standard InChI is InChI=1S/C25H22FN3O2/c1-16-6-4-7-19(14-16)27-23-22(17-10-12-18(26)13-11-17)24(30)29(25(23)31)21-9-5-8-20(15-21)28(2)3/h4-15,27H,1-3H3. The van der Waals surface area contributed by atoms with Gasteiger partial charge < -0.3 is 10.2 Å². The fraction of sp³-hybridized carbons (Fsp3) is 0.120. The second-order valence-corrected chi connectivity index (χ2v) is 7.61. The van der Waals surface area contributed by atoms with Gasteiger partial charge in [-0.25, -0.2) is 9.29 Å². The summed E-state index contributed by atoms with van der Waals surface area (Å²) >= 11 is 0. The van der Waals surface area contributed by atoms with Crippen LogP contribution in [-0.4, -0.2) is 25.9 Å². The molecule has 156 valence electrons. The molecule has 0 saturated carbocycles. The zero-order valence-electron chi connectivity index (χ0n) is 17.5. The van der Waals surface area contributed by atoms with Crippen molar-refractivity contribution in [1.82, 2.24) is 0 Å². The predicted molar refractivity (Wildman–Crippen MR) is 121 cm³/mol. The highest BCUT2D eigenvalue weighted by molar-refractivity contribution is 6.46. The van der Waals surface area contributed by atoms with E-state index in [1.807, 2.05) is 56.3 Å². The van der Waals surface area contributed by atoms with E-state index in [2.05, 4.69) is 5.32 Å². The Morgan fingerprint density at radius 1 is 0.871 bits per heavy atom. The van der Waals surface area contributed by atoms with Crippen LogP contribution < -0.4 is 15.1 Å². The molecule has 0 atom stereocenters. The third kappa shape index (κ3) is 3.92. The largest absolute Gasteiger partial charge is 0.378 e. The van der Waals surface area contributed by atoms with Crippen LogP contribution in [0.15, 0.2) is 78.5 Å². The van der Waals surface area contributed by atoms with Crippen molar-refractivity contribution < 1.29 is 14.0 Å². The highest BCUT2D eigenvalue weighted by Crippen LogP contribution is 2.35. The molecule has 0 aromatic heterocycles. The van der Waals surface area contributed by atoms with Crippen molar-refractivity contribution >= 4 is 34.4 Å². The lowest BCUT2D eigenvalue weighted by atomic mass is 10.0. The van der Waals surface area contributed by atoms with Crippen molar-refractivity contribution in [3.8, 4) is 0 Å². The Kier molecular flexibility index (Phi) is 5.29. The van der Waals surface area contributed by atoms with Crippen LogP contribution >= 0.6 is 0 Å². The van der Waals surface area contributed by atoms with Gasteiger partial charge in [-0.3, -0.25) is 9.59 Å². The quantitative estimate of drug-likeness (QED) is 0.619. The minimum absolute atomic E-state index is 0.164. The summed E-state index contributed by atoms with van der Waals surface area (Å²) < 4.78 is 13.5. The molecule has 1 N–H and O–H groups in total. The number of rotatable bonds is 5. The molecule has 0 saturated heterocycles. The number of benzene rings is 3. The van der Waals surface area contributed by atoms with Gasteiger partial charge in [0, 0.05) is 25.5 Å². The summed E-state index contributed by atoms with van der Waals surface area (Å²) in [7, 11) is 3.78. The summed E-state index contributed by atoms with van der Waals surface area (Å²) in [5.41, 5.74) is 3.89. The minimum Gasteiger partial charge on any atom is -0.378 e. The van der Waals surface area contributed by atoms with E-state index in [9.17, 15) is 14.0 Å². The number of aryl methyl sites for hydroxylation is 1. The van der Waals surface area contributed by atoms with Gasteiger partial charge in [0.05, 0.1) is 11.3 Å². The maximum atomic E-state index is 13.5. The molecule has 3 aromatic rings. The number of hydrogen-bond donors (Lipinski definition) is 1. The molecule has 1 heterocycles. The van der Waals surface area contributed by atoms with Gasteiger partial charge in [-0.05, 0) is 60.5 Å². The van der Waals surface area contributed by atoms with Gasteiger partial charge in [0.25, 0.3) is 11.8 Å². The Morgan fingerprint density at radius 2 is 1.58 bits per heavy atom. The molecule has 4 rings (SSSR count). The number of nitrogens with one attached hydrogen (secondary N) is 1. The number of amides is 2. The Bertz CT molecular complexity index is 1200. The van der Waals surface area contributed by atoms with Crippen LogP contribution in [0.1, 0.15) is 11.1 Å². The molecule has 1 aliphatic rings. The van der Waals surface area contributed by atoms with E-state index in [1.54, 1.807) is 18.2 Å². The number of carbonyl (C=O) groups excluding carboxylic acids is 2. The number of carbonyl (C=O) groups is 2. The lowest BCUT2D eigenvalue weighted by Gasteiger charge is -2.19. The van der Waals surface area contributed by atoms with Crippen molar-refractivity contribution in [3.05, 3.63) is 95.4 Å². The zero-order valence-corrected chi connectivity index (χ0v) is 17.5. The first-order chi connectivity index (χ1) is 14.8. The van der Waals surface area contributed by atoms with Crippen molar-refractivity contribution in [3.63, 3.8) is 0 Å². The molecule has 0 fully saturated rings.